The lowest BCUT2D eigenvalue weighted by Gasteiger charge is -2.16. The van der Waals surface area contributed by atoms with Gasteiger partial charge in [0.25, 0.3) is 0 Å². The Hall–Kier alpha value is -3.19. The molecule has 0 bridgehead atoms. The Morgan fingerprint density at radius 2 is 1.97 bits per heavy atom. The summed E-state index contributed by atoms with van der Waals surface area (Å²) in [5.41, 5.74) is 5.97. The Morgan fingerprint density at radius 3 is 2.61 bits per heavy atom. The lowest BCUT2D eigenvalue weighted by Crippen LogP contribution is -1.99. The Morgan fingerprint density at radius 1 is 1.16 bits per heavy atom. The van der Waals surface area contributed by atoms with E-state index in [1.807, 2.05) is 31.4 Å². The lowest BCUT2D eigenvalue weighted by molar-refractivity contribution is 0.407. The van der Waals surface area contributed by atoms with Gasteiger partial charge in [-0.1, -0.05) is 19.9 Å². The van der Waals surface area contributed by atoms with Gasteiger partial charge in [-0.05, 0) is 55.2 Å². The van der Waals surface area contributed by atoms with Crippen LogP contribution in [0.4, 0.5) is 15.2 Å². The van der Waals surface area contributed by atoms with E-state index in [2.05, 4.69) is 35.2 Å². The number of nitrogens with zero attached hydrogens (tertiary/aromatic N) is 3. The number of hydrogen-bond donors (Lipinski definition) is 1. The van der Waals surface area contributed by atoms with Crippen molar-refractivity contribution in [3.05, 3.63) is 70.9 Å². The van der Waals surface area contributed by atoms with Crippen LogP contribution in [0.15, 0.2) is 48.2 Å². The van der Waals surface area contributed by atoms with Crippen molar-refractivity contribution in [3.8, 4) is 22.7 Å². The van der Waals surface area contributed by atoms with Crippen LogP contribution in [0.25, 0.3) is 16.9 Å². The number of anilines is 2. The number of aryl methyl sites for hydroxylation is 2. The van der Waals surface area contributed by atoms with Crippen LogP contribution in [0.5, 0.6) is 5.75 Å². The maximum Gasteiger partial charge on any atom is 0.187 e. The molecule has 5 nitrogen and oxygen atoms in total. The second-order valence-corrected chi connectivity index (χ2v) is 8.67. The molecule has 0 aliphatic carbocycles. The molecule has 160 valence electrons. The highest BCUT2D eigenvalue weighted by atomic mass is 32.1. The highest BCUT2D eigenvalue weighted by Gasteiger charge is 2.14. The Balaban J connectivity index is 1.59. The third-order valence-electron chi connectivity index (χ3n) is 5.18. The normalized spacial score (nSPS) is 11.2. The molecule has 2 heterocycles. The van der Waals surface area contributed by atoms with Gasteiger partial charge in [0.05, 0.1) is 30.5 Å². The number of thiazole rings is 1. The lowest BCUT2D eigenvalue weighted by atomic mass is 9.99. The molecule has 0 spiro atoms. The van der Waals surface area contributed by atoms with Gasteiger partial charge in [-0.15, -0.1) is 11.3 Å². The number of aromatic nitrogens is 3. The number of benzene rings is 2. The molecule has 0 unspecified atom stereocenters. The summed E-state index contributed by atoms with van der Waals surface area (Å²) in [6, 6.07) is 9.29. The molecule has 0 radical (unpaired) electrons. The summed E-state index contributed by atoms with van der Waals surface area (Å²) in [6.07, 6.45) is 3.41. The molecule has 0 saturated carbocycles. The third-order valence-corrected chi connectivity index (χ3v) is 5.94. The number of ether oxygens (including phenoxy) is 1. The minimum Gasteiger partial charge on any atom is -0.496 e. The van der Waals surface area contributed by atoms with Crippen molar-refractivity contribution in [1.29, 1.82) is 0 Å². The summed E-state index contributed by atoms with van der Waals surface area (Å²) in [5, 5.41) is 6.10. The minimum absolute atomic E-state index is 0.315. The summed E-state index contributed by atoms with van der Waals surface area (Å²) in [4.78, 5) is 8.83. The molecule has 0 fully saturated rings. The first-order valence-corrected chi connectivity index (χ1v) is 11.0. The molecule has 0 saturated heterocycles. The summed E-state index contributed by atoms with van der Waals surface area (Å²) in [7, 11) is 1.69. The first-order chi connectivity index (χ1) is 14.9. The molecular weight excluding hydrogens is 411 g/mol. The van der Waals surface area contributed by atoms with Crippen molar-refractivity contribution >= 4 is 22.2 Å². The zero-order valence-corrected chi connectivity index (χ0v) is 19.0. The maximum atomic E-state index is 14.7. The number of nitrogens with one attached hydrogen (secondary N) is 1. The molecule has 1 N–H and O–H groups in total. The van der Waals surface area contributed by atoms with Crippen LogP contribution in [0.1, 0.15) is 36.6 Å². The van der Waals surface area contributed by atoms with Crippen LogP contribution in [0.2, 0.25) is 0 Å². The highest BCUT2D eigenvalue weighted by Crippen LogP contribution is 2.35. The van der Waals surface area contributed by atoms with Crippen LogP contribution in [-0.2, 0) is 0 Å². The van der Waals surface area contributed by atoms with Crippen LogP contribution < -0.4 is 10.1 Å². The van der Waals surface area contributed by atoms with Crippen molar-refractivity contribution in [3.63, 3.8) is 0 Å². The van der Waals surface area contributed by atoms with E-state index < -0.39 is 0 Å². The first-order valence-electron chi connectivity index (χ1n) is 10.1. The van der Waals surface area contributed by atoms with Gasteiger partial charge in [-0.2, -0.15) is 0 Å². The summed E-state index contributed by atoms with van der Waals surface area (Å²) >= 11 is 1.49. The molecule has 0 amide bonds. The zero-order valence-electron chi connectivity index (χ0n) is 18.2. The second-order valence-electron chi connectivity index (χ2n) is 7.82. The predicted molar refractivity (Wildman–Crippen MR) is 124 cm³/mol. The Labute approximate surface area is 185 Å². The third kappa shape index (κ3) is 4.32. The van der Waals surface area contributed by atoms with Gasteiger partial charge >= 0.3 is 0 Å². The number of imidazole rings is 1. The molecular formula is C24H25FN4OS. The average Bonchev–Trinajstić information content (AvgIpc) is 3.38. The number of rotatable bonds is 6. The van der Waals surface area contributed by atoms with Crippen LogP contribution in [-0.4, -0.2) is 21.6 Å². The van der Waals surface area contributed by atoms with Crippen molar-refractivity contribution in [1.82, 2.24) is 14.5 Å². The second kappa shape index (κ2) is 8.51. The summed E-state index contributed by atoms with van der Waals surface area (Å²) in [6.45, 7) is 8.19. The van der Waals surface area contributed by atoms with Crippen LogP contribution in [0, 0.1) is 19.7 Å². The standard InChI is InChI=1S/C24H25FN4OS/c1-14(2)18-10-20(15(3)8-23(18)30-5)27-24-28-21(12-31-24)17-6-7-22(19(25)9-17)29-11-16(4)26-13-29/h6-14H,1-5H3,(H,27,28). The topological polar surface area (TPSA) is 52.0 Å². The van der Waals surface area contributed by atoms with Crippen LogP contribution >= 0.6 is 11.3 Å². The van der Waals surface area contributed by atoms with E-state index in [0.29, 0.717) is 11.6 Å². The molecule has 2 aromatic carbocycles. The molecule has 0 aliphatic heterocycles. The van der Waals surface area contributed by atoms with E-state index >= 15 is 0 Å². The van der Waals surface area contributed by atoms with Gasteiger partial charge < -0.3 is 14.6 Å². The molecule has 2 aromatic heterocycles. The van der Waals surface area contributed by atoms with Gasteiger partial charge in [0.15, 0.2) is 5.13 Å². The number of halogens is 1. The summed E-state index contributed by atoms with van der Waals surface area (Å²) in [5.74, 6) is 0.912. The maximum absolute atomic E-state index is 14.7. The highest BCUT2D eigenvalue weighted by molar-refractivity contribution is 7.14. The van der Waals surface area contributed by atoms with Crippen LogP contribution in [0.3, 0.4) is 0 Å². The van der Waals surface area contributed by atoms with Gasteiger partial charge in [0.1, 0.15) is 11.6 Å². The van der Waals surface area contributed by atoms with Crippen molar-refractivity contribution < 1.29 is 9.13 Å². The van der Waals surface area contributed by atoms with E-state index in [1.165, 1.54) is 17.4 Å². The zero-order chi connectivity index (χ0) is 22.1. The van der Waals surface area contributed by atoms with E-state index in [4.69, 9.17) is 4.74 Å². The Bertz CT molecular complexity index is 1230. The molecule has 0 aliphatic rings. The van der Waals surface area contributed by atoms with E-state index in [-0.39, 0.29) is 5.82 Å². The molecule has 7 heteroatoms. The minimum atomic E-state index is -0.315. The average molecular weight is 437 g/mol. The molecule has 4 rings (SSSR count). The molecule has 31 heavy (non-hydrogen) atoms. The van der Waals surface area contributed by atoms with Gasteiger partial charge in [-0.25, -0.2) is 14.4 Å². The van der Waals surface area contributed by atoms with E-state index in [9.17, 15) is 4.39 Å². The van der Waals surface area contributed by atoms with Gasteiger partial charge in [-0.3, -0.25) is 0 Å². The van der Waals surface area contributed by atoms with Crippen molar-refractivity contribution in [2.24, 2.45) is 0 Å². The van der Waals surface area contributed by atoms with Gasteiger partial charge in [0.2, 0.25) is 0 Å². The number of hydrogen-bond acceptors (Lipinski definition) is 5. The monoisotopic (exact) mass is 436 g/mol. The predicted octanol–water partition coefficient (Wildman–Crippen LogP) is 6.63. The van der Waals surface area contributed by atoms with E-state index in [1.54, 1.807) is 30.3 Å². The van der Waals surface area contributed by atoms with Gasteiger partial charge in [0, 0.05) is 22.8 Å². The van der Waals surface area contributed by atoms with Crippen molar-refractivity contribution in [2.45, 2.75) is 33.6 Å². The summed E-state index contributed by atoms with van der Waals surface area (Å²) < 4.78 is 21.9. The molecule has 4 aromatic rings. The number of methoxy groups -OCH3 is 1. The first kappa shape index (κ1) is 21.1. The fourth-order valence-electron chi connectivity index (χ4n) is 3.47. The quantitative estimate of drug-likeness (QED) is 0.369. The van der Waals surface area contributed by atoms with E-state index in [0.717, 1.165) is 44.6 Å². The van der Waals surface area contributed by atoms with Crippen molar-refractivity contribution in [2.75, 3.05) is 12.4 Å². The smallest absolute Gasteiger partial charge is 0.187 e. The Kier molecular flexibility index (Phi) is 5.78. The molecule has 0 atom stereocenters. The SMILES string of the molecule is COc1cc(C)c(Nc2nc(-c3ccc(-n4cnc(C)c4)c(F)c3)cs2)cc1C(C)C. The fourth-order valence-corrected chi connectivity index (χ4v) is 4.20. The fraction of sp³-hybridized carbons (Fsp3) is 0.250. The largest absolute Gasteiger partial charge is 0.496 e.